The first-order chi connectivity index (χ1) is 18.7. The van der Waals surface area contributed by atoms with E-state index in [1.54, 1.807) is 20.4 Å². The van der Waals surface area contributed by atoms with E-state index in [9.17, 15) is 4.79 Å². The number of carbonyl (C=O) groups is 1. The number of hydrogen-bond acceptors (Lipinski definition) is 5. The van der Waals surface area contributed by atoms with Crippen molar-refractivity contribution in [2.75, 3.05) is 19.5 Å². The topological polar surface area (TPSA) is 73.6 Å². The molecule has 3 aromatic carbocycles. The van der Waals surface area contributed by atoms with E-state index >= 15 is 0 Å². The highest BCUT2D eigenvalue weighted by Crippen LogP contribution is 2.38. The van der Waals surface area contributed by atoms with Crippen molar-refractivity contribution < 1.29 is 18.7 Å². The Morgan fingerprint density at radius 3 is 2.31 bits per heavy atom. The highest BCUT2D eigenvalue weighted by atomic mass is 16.5. The summed E-state index contributed by atoms with van der Waals surface area (Å²) >= 11 is 0. The monoisotopic (exact) mass is 520 g/mol. The smallest absolute Gasteiger partial charge is 0.255 e. The molecular formula is C33H32N2O4. The van der Waals surface area contributed by atoms with Crippen LogP contribution in [0, 0.1) is 6.92 Å². The molecule has 6 nitrogen and oxygen atoms in total. The zero-order chi connectivity index (χ0) is 27.7. The zero-order valence-corrected chi connectivity index (χ0v) is 23.1. The van der Waals surface area contributed by atoms with E-state index in [2.05, 4.69) is 31.1 Å². The predicted octanol–water partition coefficient (Wildman–Crippen LogP) is 8.04. The molecule has 39 heavy (non-hydrogen) atoms. The van der Waals surface area contributed by atoms with Crippen LogP contribution in [0.15, 0.2) is 83.4 Å². The molecule has 0 atom stereocenters. The van der Waals surface area contributed by atoms with E-state index in [0.717, 1.165) is 33.5 Å². The Kier molecular flexibility index (Phi) is 6.87. The maximum atomic E-state index is 13.1. The lowest BCUT2D eigenvalue weighted by Gasteiger charge is -2.19. The van der Waals surface area contributed by atoms with Crippen molar-refractivity contribution in [2.45, 2.75) is 33.1 Å². The van der Waals surface area contributed by atoms with Crippen LogP contribution in [0.5, 0.6) is 11.5 Å². The lowest BCUT2D eigenvalue weighted by Crippen LogP contribution is -2.15. The van der Waals surface area contributed by atoms with Crippen LogP contribution in [0.1, 0.15) is 42.3 Å². The molecule has 0 spiro atoms. The van der Waals surface area contributed by atoms with Crippen molar-refractivity contribution in [2.24, 2.45) is 0 Å². The van der Waals surface area contributed by atoms with Gasteiger partial charge in [0.1, 0.15) is 11.3 Å². The van der Waals surface area contributed by atoms with Gasteiger partial charge in [0.15, 0.2) is 17.1 Å². The quantitative estimate of drug-likeness (QED) is 0.245. The molecule has 198 valence electrons. The molecule has 2 aromatic heterocycles. The number of carbonyl (C=O) groups excluding carboxylic acids is 1. The first-order valence-electron chi connectivity index (χ1n) is 12.8. The Hall–Kier alpha value is -4.58. The third kappa shape index (κ3) is 5.10. The van der Waals surface area contributed by atoms with Gasteiger partial charge < -0.3 is 19.2 Å². The van der Waals surface area contributed by atoms with Crippen molar-refractivity contribution in [3.8, 4) is 33.9 Å². The lowest BCUT2D eigenvalue weighted by atomic mass is 9.86. The fourth-order valence-corrected chi connectivity index (χ4v) is 4.66. The Morgan fingerprint density at radius 1 is 0.872 bits per heavy atom. The Labute approximate surface area is 228 Å². The fourth-order valence-electron chi connectivity index (χ4n) is 4.66. The molecule has 1 N–H and O–H groups in total. The zero-order valence-electron chi connectivity index (χ0n) is 23.1. The van der Waals surface area contributed by atoms with E-state index in [4.69, 9.17) is 13.9 Å². The summed E-state index contributed by atoms with van der Waals surface area (Å²) in [6.45, 7) is 8.46. The highest BCUT2D eigenvalue weighted by Gasteiger charge is 2.18. The molecule has 2 heterocycles. The van der Waals surface area contributed by atoms with Gasteiger partial charge in [-0.1, -0.05) is 45.0 Å². The van der Waals surface area contributed by atoms with E-state index in [1.165, 1.54) is 5.56 Å². The maximum Gasteiger partial charge on any atom is 0.255 e. The summed E-state index contributed by atoms with van der Waals surface area (Å²) in [6.07, 6.45) is 1.77. The average Bonchev–Trinajstić information content (AvgIpc) is 3.38. The normalized spacial score (nSPS) is 11.4. The molecule has 5 rings (SSSR count). The standard InChI is InChI=1S/C33H32N2O4/c1-20-24(8-7-9-26(20)35-32(36)21-10-13-23(14-11-21)33(2,3)4)25-16-17-34-27-19-29(39-31(25)27)22-12-15-28(37-5)30(18-22)38-6/h7-19H,1-6H3,(H,35,36). The van der Waals surface area contributed by atoms with Crippen LogP contribution >= 0.6 is 0 Å². The van der Waals surface area contributed by atoms with E-state index in [-0.39, 0.29) is 11.3 Å². The number of pyridine rings is 1. The summed E-state index contributed by atoms with van der Waals surface area (Å²) in [6, 6.07) is 23.2. The highest BCUT2D eigenvalue weighted by molar-refractivity contribution is 6.05. The second-order valence-electron chi connectivity index (χ2n) is 10.5. The summed E-state index contributed by atoms with van der Waals surface area (Å²) in [7, 11) is 3.21. The van der Waals surface area contributed by atoms with Gasteiger partial charge in [-0.05, 0) is 71.5 Å². The number of ether oxygens (including phenoxy) is 2. The Morgan fingerprint density at radius 2 is 1.62 bits per heavy atom. The summed E-state index contributed by atoms with van der Waals surface area (Å²) < 4.78 is 17.2. The van der Waals surface area contributed by atoms with Gasteiger partial charge in [-0.2, -0.15) is 0 Å². The number of fused-ring (bicyclic) bond motifs is 1. The fraction of sp³-hybridized carbons (Fsp3) is 0.212. The molecule has 1 amide bonds. The van der Waals surface area contributed by atoms with Crippen molar-refractivity contribution in [1.29, 1.82) is 0 Å². The van der Waals surface area contributed by atoms with Crippen molar-refractivity contribution in [3.05, 3.63) is 95.7 Å². The molecule has 0 saturated heterocycles. The Balaban J connectivity index is 1.48. The second kappa shape index (κ2) is 10.3. The van der Waals surface area contributed by atoms with Crippen molar-refractivity contribution >= 4 is 22.7 Å². The Bertz CT molecular complexity index is 1660. The molecular weight excluding hydrogens is 488 g/mol. The largest absolute Gasteiger partial charge is 0.493 e. The third-order valence-corrected chi connectivity index (χ3v) is 6.97. The molecule has 0 aliphatic carbocycles. The summed E-state index contributed by atoms with van der Waals surface area (Å²) in [5.74, 6) is 1.79. The number of nitrogens with zero attached hydrogens (tertiary/aromatic N) is 1. The number of nitrogens with one attached hydrogen (secondary N) is 1. The van der Waals surface area contributed by atoms with Crippen LogP contribution in [-0.4, -0.2) is 25.1 Å². The van der Waals surface area contributed by atoms with Gasteiger partial charge in [-0.3, -0.25) is 9.78 Å². The van der Waals surface area contributed by atoms with Crippen LogP contribution in [0.4, 0.5) is 5.69 Å². The first kappa shape index (κ1) is 26.0. The summed E-state index contributed by atoms with van der Waals surface area (Å²) in [5.41, 5.74) is 7.63. The summed E-state index contributed by atoms with van der Waals surface area (Å²) in [5, 5.41) is 3.09. The molecule has 0 radical (unpaired) electrons. The molecule has 6 heteroatoms. The SMILES string of the molecule is COc1ccc(-c2cc3nccc(-c4cccc(NC(=O)c5ccc(C(C)(C)C)cc5)c4C)c3o2)cc1OC. The predicted molar refractivity (Wildman–Crippen MR) is 156 cm³/mol. The third-order valence-electron chi connectivity index (χ3n) is 6.97. The van der Waals surface area contributed by atoms with Gasteiger partial charge in [-0.15, -0.1) is 0 Å². The number of hydrogen-bond donors (Lipinski definition) is 1. The maximum absolute atomic E-state index is 13.1. The first-order valence-corrected chi connectivity index (χ1v) is 12.8. The van der Waals surface area contributed by atoms with Gasteiger partial charge in [-0.25, -0.2) is 0 Å². The number of anilines is 1. The molecule has 0 bridgehead atoms. The average molecular weight is 521 g/mol. The number of aromatic nitrogens is 1. The molecule has 0 fully saturated rings. The second-order valence-corrected chi connectivity index (χ2v) is 10.5. The number of amides is 1. The minimum Gasteiger partial charge on any atom is -0.493 e. The molecule has 0 aliphatic rings. The number of furan rings is 1. The van der Waals surface area contributed by atoms with Gasteiger partial charge in [0.2, 0.25) is 0 Å². The van der Waals surface area contributed by atoms with Crippen molar-refractivity contribution in [1.82, 2.24) is 4.98 Å². The lowest BCUT2D eigenvalue weighted by molar-refractivity contribution is 0.102. The van der Waals surface area contributed by atoms with E-state index in [1.807, 2.05) is 79.7 Å². The van der Waals surface area contributed by atoms with Crippen LogP contribution in [-0.2, 0) is 5.41 Å². The van der Waals surface area contributed by atoms with Crippen LogP contribution in [0.2, 0.25) is 0 Å². The van der Waals surface area contributed by atoms with E-state index < -0.39 is 0 Å². The van der Waals surface area contributed by atoms with Crippen LogP contribution < -0.4 is 14.8 Å². The van der Waals surface area contributed by atoms with Gasteiger partial charge in [0, 0.05) is 34.6 Å². The molecule has 0 aliphatic heterocycles. The molecule has 5 aromatic rings. The van der Waals surface area contributed by atoms with Gasteiger partial charge >= 0.3 is 0 Å². The number of benzene rings is 3. The van der Waals surface area contributed by atoms with Crippen molar-refractivity contribution in [3.63, 3.8) is 0 Å². The summed E-state index contributed by atoms with van der Waals surface area (Å²) in [4.78, 5) is 17.6. The molecule has 0 unspecified atom stereocenters. The van der Waals surface area contributed by atoms with E-state index in [0.29, 0.717) is 28.4 Å². The van der Waals surface area contributed by atoms with Gasteiger partial charge in [0.25, 0.3) is 5.91 Å². The minimum atomic E-state index is -0.149. The van der Waals surface area contributed by atoms with Crippen LogP contribution in [0.3, 0.4) is 0 Å². The number of methoxy groups -OCH3 is 2. The molecule has 0 saturated carbocycles. The number of rotatable bonds is 6. The van der Waals surface area contributed by atoms with Crippen LogP contribution in [0.25, 0.3) is 33.6 Å². The minimum absolute atomic E-state index is 0.0287. The van der Waals surface area contributed by atoms with Gasteiger partial charge in [0.05, 0.1) is 14.2 Å².